The lowest BCUT2D eigenvalue weighted by Gasteiger charge is -2.48. The van der Waals surface area contributed by atoms with Crippen molar-refractivity contribution in [3.63, 3.8) is 0 Å². The van der Waals surface area contributed by atoms with Crippen LogP contribution in [0.25, 0.3) is 0 Å². The van der Waals surface area contributed by atoms with Crippen molar-refractivity contribution in [2.75, 3.05) is 31.6 Å². The number of rotatable bonds is 5. The number of anilines is 1. The van der Waals surface area contributed by atoms with Crippen LogP contribution in [0.5, 0.6) is 5.75 Å². The average Bonchev–Trinajstić information content (AvgIpc) is 2.61. The minimum Gasteiger partial charge on any atom is -0.497 e. The van der Waals surface area contributed by atoms with Gasteiger partial charge >= 0.3 is 0 Å². The Kier molecular flexibility index (Phi) is 5.47. The van der Waals surface area contributed by atoms with E-state index in [0.29, 0.717) is 5.92 Å². The highest BCUT2D eigenvalue weighted by atomic mass is 16.5. The smallest absolute Gasteiger partial charge is 0.131 e. The highest BCUT2D eigenvalue weighted by molar-refractivity contribution is 5.51. The number of piperazine rings is 1. The summed E-state index contributed by atoms with van der Waals surface area (Å²) in [6.07, 6.45) is 1.89. The zero-order chi connectivity index (χ0) is 18.7. The molecule has 0 spiro atoms. The summed E-state index contributed by atoms with van der Waals surface area (Å²) in [6, 6.07) is 10.4. The first-order valence-corrected chi connectivity index (χ1v) is 9.35. The van der Waals surface area contributed by atoms with Crippen molar-refractivity contribution in [2.24, 2.45) is 0 Å². The highest BCUT2D eigenvalue weighted by Crippen LogP contribution is 2.29. The number of nitrogens with zero attached hydrogens (tertiary/aromatic N) is 4. The molecule has 0 radical (unpaired) electrons. The standard InChI is InChI=1S/C21H30N4O/c1-16(2)20-22-11-10-17(23-20)14-24-12-13-25(21(3,4)15-24)18-6-8-19(26-5)9-7-18/h6-11,16H,12-15H2,1-5H3. The monoisotopic (exact) mass is 354 g/mol. The number of ether oxygens (including phenoxy) is 1. The molecule has 1 aromatic carbocycles. The van der Waals surface area contributed by atoms with E-state index in [1.165, 1.54) is 5.69 Å². The van der Waals surface area contributed by atoms with Crippen LogP contribution in [0.15, 0.2) is 36.5 Å². The van der Waals surface area contributed by atoms with Crippen molar-refractivity contribution >= 4 is 5.69 Å². The Morgan fingerprint density at radius 1 is 1.12 bits per heavy atom. The molecule has 0 aliphatic carbocycles. The van der Waals surface area contributed by atoms with Crippen LogP contribution in [0.2, 0.25) is 0 Å². The van der Waals surface area contributed by atoms with Crippen LogP contribution in [-0.2, 0) is 6.54 Å². The van der Waals surface area contributed by atoms with Gasteiger partial charge in [0.05, 0.1) is 12.8 Å². The molecule has 0 atom stereocenters. The molecule has 0 unspecified atom stereocenters. The zero-order valence-electron chi connectivity index (χ0n) is 16.6. The maximum Gasteiger partial charge on any atom is 0.131 e. The van der Waals surface area contributed by atoms with Crippen LogP contribution in [0.4, 0.5) is 5.69 Å². The molecule has 140 valence electrons. The van der Waals surface area contributed by atoms with Crippen LogP contribution in [0.1, 0.15) is 45.1 Å². The van der Waals surface area contributed by atoms with E-state index < -0.39 is 0 Å². The predicted octanol–water partition coefficient (Wildman–Crippen LogP) is 3.71. The Morgan fingerprint density at radius 3 is 2.46 bits per heavy atom. The van der Waals surface area contributed by atoms with E-state index >= 15 is 0 Å². The predicted molar refractivity (Wildman–Crippen MR) is 106 cm³/mol. The number of methoxy groups -OCH3 is 1. The van der Waals surface area contributed by atoms with Gasteiger partial charge in [0, 0.05) is 49.5 Å². The Bertz CT molecular complexity index is 727. The summed E-state index contributed by atoms with van der Waals surface area (Å²) >= 11 is 0. The minimum absolute atomic E-state index is 0.0563. The molecule has 0 saturated carbocycles. The van der Waals surface area contributed by atoms with Crippen molar-refractivity contribution in [3.8, 4) is 5.75 Å². The van der Waals surface area contributed by atoms with Gasteiger partial charge in [-0.25, -0.2) is 9.97 Å². The number of hydrogen-bond donors (Lipinski definition) is 0. The summed E-state index contributed by atoms with van der Waals surface area (Å²) in [4.78, 5) is 14.1. The van der Waals surface area contributed by atoms with Gasteiger partial charge in [-0.1, -0.05) is 13.8 Å². The van der Waals surface area contributed by atoms with Gasteiger partial charge in [0.25, 0.3) is 0 Å². The van der Waals surface area contributed by atoms with E-state index in [-0.39, 0.29) is 5.54 Å². The Labute approximate surface area is 157 Å². The third-order valence-electron chi connectivity index (χ3n) is 5.00. The fraction of sp³-hybridized carbons (Fsp3) is 0.524. The van der Waals surface area contributed by atoms with Crippen molar-refractivity contribution < 1.29 is 4.74 Å². The number of hydrogen-bond acceptors (Lipinski definition) is 5. The van der Waals surface area contributed by atoms with E-state index in [1.54, 1.807) is 7.11 Å². The molecule has 0 N–H and O–H groups in total. The zero-order valence-corrected chi connectivity index (χ0v) is 16.6. The normalized spacial score (nSPS) is 17.5. The molecule has 1 saturated heterocycles. The molecular weight excluding hydrogens is 324 g/mol. The van der Waals surface area contributed by atoms with Gasteiger partial charge in [-0.2, -0.15) is 0 Å². The van der Waals surface area contributed by atoms with E-state index in [9.17, 15) is 0 Å². The summed E-state index contributed by atoms with van der Waals surface area (Å²) in [7, 11) is 1.70. The highest BCUT2D eigenvalue weighted by Gasteiger charge is 2.33. The fourth-order valence-electron chi connectivity index (χ4n) is 3.64. The second-order valence-electron chi connectivity index (χ2n) is 7.93. The van der Waals surface area contributed by atoms with Gasteiger partial charge in [0.15, 0.2) is 0 Å². The largest absolute Gasteiger partial charge is 0.497 e. The third-order valence-corrected chi connectivity index (χ3v) is 5.00. The van der Waals surface area contributed by atoms with Gasteiger partial charge in [0.2, 0.25) is 0 Å². The third kappa shape index (κ3) is 4.15. The van der Waals surface area contributed by atoms with E-state index in [4.69, 9.17) is 9.72 Å². The van der Waals surface area contributed by atoms with Crippen molar-refractivity contribution in [3.05, 3.63) is 48.0 Å². The van der Waals surface area contributed by atoms with Crippen LogP contribution in [0.3, 0.4) is 0 Å². The van der Waals surface area contributed by atoms with E-state index in [2.05, 4.69) is 54.6 Å². The Hall–Kier alpha value is -2.14. The Morgan fingerprint density at radius 2 is 1.85 bits per heavy atom. The number of aromatic nitrogens is 2. The molecule has 5 heteroatoms. The van der Waals surface area contributed by atoms with Crippen LogP contribution < -0.4 is 9.64 Å². The summed E-state index contributed by atoms with van der Waals surface area (Å²) in [6.45, 7) is 12.8. The van der Waals surface area contributed by atoms with Gasteiger partial charge in [-0.3, -0.25) is 4.90 Å². The molecule has 2 heterocycles. The summed E-state index contributed by atoms with van der Waals surface area (Å²) in [5.41, 5.74) is 2.41. The molecule has 0 bridgehead atoms. The molecule has 5 nitrogen and oxygen atoms in total. The lowest BCUT2D eigenvalue weighted by Crippen LogP contribution is -2.59. The quantitative estimate of drug-likeness (QED) is 0.819. The first kappa shape index (κ1) is 18.6. The molecule has 1 aromatic heterocycles. The topological polar surface area (TPSA) is 41.5 Å². The molecule has 1 aliphatic heterocycles. The van der Waals surface area contributed by atoms with Crippen molar-refractivity contribution in [1.29, 1.82) is 0 Å². The van der Waals surface area contributed by atoms with Gasteiger partial charge in [-0.05, 0) is 44.2 Å². The maximum absolute atomic E-state index is 5.28. The Balaban J connectivity index is 1.69. The van der Waals surface area contributed by atoms with E-state index in [1.807, 2.05) is 24.4 Å². The SMILES string of the molecule is COc1ccc(N2CCN(Cc3ccnc(C(C)C)n3)CC2(C)C)cc1. The molecule has 1 fully saturated rings. The molecule has 1 aliphatic rings. The van der Waals surface area contributed by atoms with E-state index in [0.717, 1.165) is 43.4 Å². The minimum atomic E-state index is 0.0563. The van der Waals surface area contributed by atoms with Crippen molar-refractivity contribution in [1.82, 2.24) is 14.9 Å². The average molecular weight is 354 g/mol. The molecule has 3 rings (SSSR count). The van der Waals surface area contributed by atoms with Gasteiger partial charge < -0.3 is 9.64 Å². The second-order valence-corrected chi connectivity index (χ2v) is 7.93. The van der Waals surface area contributed by atoms with Gasteiger partial charge in [0.1, 0.15) is 11.6 Å². The van der Waals surface area contributed by atoms with Crippen molar-refractivity contribution in [2.45, 2.75) is 45.7 Å². The molecule has 0 amide bonds. The first-order chi connectivity index (χ1) is 12.4. The first-order valence-electron chi connectivity index (χ1n) is 9.35. The maximum atomic E-state index is 5.28. The van der Waals surface area contributed by atoms with Crippen LogP contribution >= 0.6 is 0 Å². The molecule has 26 heavy (non-hydrogen) atoms. The summed E-state index contributed by atoms with van der Waals surface area (Å²) in [5.74, 6) is 2.19. The second kappa shape index (κ2) is 7.62. The molecular formula is C21H30N4O. The lowest BCUT2D eigenvalue weighted by atomic mass is 9.97. The van der Waals surface area contributed by atoms with Crippen LogP contribution in [0, 0.1) is 0 Å². The van der Waals surface area contributed by atoms with Gasteiger partial charge in [-0.15, -0.1) is 0 Å². The van der Waals surface area contributed by atoms with Crippen LogP contribution in [-0.4, -0.2) is 47.2 Å². The number of benzene rings is 1. The lowest BCUT2D eigenvalue weighted by molar-refractivity contribution is 0.174. The summed E-state index contributed by atoms with van der Waals surface area (Å²) in [5, 5.41) is 0. The fourth-order valence-corrected chi connectivity index (χ4v) is 3.64. The summed E-state index contributed by atoms with van der Waals surface area (Å²) < 4.78 is 5.28. The molecule has 2 aromatic rings.